The zero-order valence-corrected chi connectivity index (χ0v) is 11.2. The summed E-state index contributed by atoms with van der Waals surface area (Å²) < 4.78 is 0. The zero-order chi connectivity index (χ0) is 13.0. The fraction of sp³-hybridized carbons (Fsp3) is 0.600. The summed E-state index contributed by atoms with van der Waals surface area (Å²) in [5.41, 5.74) is 5.83. The minimum absolute atomic E-state index is 0.268. The van der Waals surface area contributed by atoms with Gasteiger partial charge in [0.1, 0.15) is 5.60 Å². The molecular weight excluding hydrogens is 224 g/mol. The number of hydrogen-bond donors (Lipinski definition) is 2. The summed E-state index contributed by atoms with van der Waals surface area (Å²) in [6.45, 7) is 4.20. The van der Waals surface area contributed by atoms with Crippen LogP contribution in [0.4, 0.5) is 0 Å². The van der Waals surface area contributed by atoms with E-state index in [1.807, 2.05) is 30.3 Å². The van der Waals surface area contributed by atoms with Crippen LogP contribution in [0, 0.1) is 0 Å². The van der Waals surface area contributed by atoms with E-state index in [0.29, 0.717) is 12.6 Å². The summed E-state index contributed by atoms with van der Waals surface area (Å²) in [6.07, 6.45) is 3.62. The quantitative estimate of drug-likeness (QED) is 0.834. The van der Waals surface area contributed by atoms with Gasteiger partial charge in [0.05, 0.1) is 0 Å². The Bertz CT molecular complexity index is 368. The van der Waals surface area contributed by atoms with E-state index in [1.54, 1.807) is 0 Å². The van der Waals surface area contributed by atoms with E-state index in [9.17, 15) is 5.11 Å². The van der Waals surface area contributed by atoms with Crippen molar-refractivity contribution in [3.63, 3.8) is 0 Å². The van der Waals surface area contributed by atoms with E-state index in [2.05, 4.69) is 11.8 Å². The van der Waals surface area contributed by atoms with Gasteiger partial charge < -0.3 is 10.8 Å². The van der Waals surface area contributed by atoms with Crippen molar-refractivity contribution in [3.05, 3.63) is 35.9 Å². The van der Waals surface area contributed by atoms with E-state index in [4.69, 9.17) is 5.73 Å². The summed E-state index contributed by atoms with van der Waals surface area (Å²) in [4.78, 5) is 2.39. The highest BCUT2D eigenvalue weighted by molar-refractivity contribution is 5.23. The number of rotatable bonds is 5. The molecule has 1 fully saturated rings. The van der Waals surface area contributed by atoms with Crippen LogP contribution in [0.25, 0.3) is 0 Å². The second kappa shape index (κ2) is 5.83. The lowest BCUT2D eigenvalue weighted by atomic mass is 9.93. The summed E-state index contributed by atoms with van der Waals surface area (Å²) in [5.74, 6) is 0. The molecule has 3 nitrogen and oxygen atoms in total. The van der Waals surface area contributed by atoms with Crippen LogP contribution in [0.2, 0.25) is 0 Å². The Balaban J connectivity index is 2.13. The molecule has 1 aliphatic heterocycles. The Labute approximate surface area is 110 Å². The number of nitrogens with two attached hydrogens (primary N) is 1. The molecule has 0 bridgehead atoms. The maximum atomic E-state index is 10.8. The Kier molecular flexibility index (Phi) is 4.38. The van der Waals surface area contributed by atoms with Crippen molar-refractivity contribution in [2.75, 3.05) is 19.6 Å². The van der Waals surface area contributed by atoms with Gasteiger partial charge >= 0.3 is 0 Å². The molecule has 2 atom stereocenters. The molecule has 0 saturated carbocycles. The third-order valence-electron chi connectivity index (χ3n) is 4.08. The first-order valence-electron chi connectivity index (χ1n) is 6.91. The Morgan fingerprint density at radius 2 is 2.11 bits per heavy atom. The monoisotopic (exact) mass is 248 g/mol. The van der Waals surface area contributed by atoms with Crippen molar-refractivity contribution >= 4 is 0 Å². The predicted octanol–water partition coefficient (Wildman–Crippen LogP) is 1.71. The van der Waals surface area contributed by atoms with Crippen LogP contribution in [0.15, 0.2) is 30.3 Å². The maximum absolute atomic E-state index is 10.8. The number of benzene rings is 1. The average molecular weight is 248 g/mol. The van der Waals surface area contributed by atoms with Crippen molar-refractivity contribution in [1.82, 2.24) is 4.90 Å². The molecule has 18 heavy (non-hydrogen) atoms. The molecule has 1 saturated heterocycles. The Hall–Kier alpha value is -0.900. The zero-order valence-electron chi connectivity index (χ0n) is 11.2. The van der Waals surface area contributed by atoms with Crippen LogP contribution in [-0.4, -0.2) is 35.7 Å². The molecule has 3 heteroatoms. The van der Waals surface area contributed by atoms with E-state index >= 15 is 0 Å². The number of aliphatic hydroxyl groups is 1. The van der Waals surface area contributed by atoms with Crippen molar-refractivity contribution in [2.45, 2.75) is 37.8 Å². The summed E-state index contributed by atoms with van der Waals surface area (Å²) in [6, 6.07) is 10.4. The molecule has 0 aliphatic carbocycles. The van der Waals surface area contributed by atoms with Crippen molar-refractivity contribution in [3.8, 4) is 0 Å². The van der Waals surface area contributed by atoms with Gasteiger partial charge in [-0.2, -0.15) is 0 Å². The first-order chi connectivity index (χ1) is 8.69. The second-order valence-corrected chi connectivity index (χ2v) is 5.28. The topological polar surface area (TPSA) is 49.5 Å². The molecule has 0 amide bonds. The summed E-state index contributed by atoms with van der Waals surface area (Å²) in [7, 11) is 0. The lowest BCUT2D eigenvalue weighted by Gasteiger charge is -2.34. The molecule has 100 valence electrons. The molecule has 0 spiro atoms. The van der Waals surface area contributed by atoms with Crippen LogP contribution < -0.4 is 5.73 Å². The molecule has 1 heterocycles. The fourth-order valence-electron chi connectivity index (χ4n) is 2.92. The van der Waals surface area contributed by atoms with Gasteiger partial charge in [-0.1, -0.05) is 37.3 Å². The summed E-state index contributed by atoms with van der Waals surface area (Å²) in [5, 5.41) is 10.8. The van der Waals surface area contributed by atoms with E-state index in [0.717, 1.165) is 18.5 Å². The van der Waals surface area contributed by atoms with E-state index in [1.165, 1.54) is 12.8 Å². The highest BCUT2D eigenvalue weighted by Gasteiger charge is 2.34. The summed E-state index contributed by atoms with van der Waals surface area (Å²) >= 11 is 0. The molecule has 3 N–H and O–H groups in total. The highest BCUT2D eigenvalue weighted by Crippen LogP contribution is 2.27. The molecular formula is C15H24N2O. The van der Waals surface area contributed by atoms with Gasteiger partial charge in [0.15, 0.2) is 0 Å². The number of likely N-dealkylation sites (tertiary alicyclic amines) is 1. The molecule has 2 unspecified atom stereocenters. The van der Waals surface area contributed by atoms with Gasteiger partial charge in [-0.3, -0.25) is 4.90 Å². The SMILES string of the molecule is CCC1CCCN1CC(O)(CN)c1ccccc1. The van der Waals surface area contributed by atoms with Crippen LogP contribution in [-0.2, 0) is 5.60 Å². The normalized spacial score (nSPS) is 24.1. The Morgan fingerprint density at radius 1 is 1.39 bits per heavy atom. The van der Waals surface area contributed by atoms with E-state index in [-0.39, 0.29) is 6.54 Å². The first kappa shape index (κ1) is 13.5. The molecule has 0 radical (unpaired) electrons. The van der Waals surface area contributed by atoms with Crippen molar-refractivity contribution in [2.24, 2.45) is 5.73 Å². The Morgan fingerprint density at radius 3 is 2.72 bits per heavy atom. The van der Waals surface area contributed by atoms with Crippen LogP contribution >= 0.6 is 0 Å². The predicted molar refractivity (Wildman–Crippen MR) is 74.3 cm³/mol. The van der Waals surface area contributed by atoms with Gasteiger partial charge in [-0.05, 0) is 31.4 Å². The first-order valence-corrected chi connectivity index (χ1v) is 6.91. The lowest BCUT2D eigenvalue weighted by molar-refractivity contribution is 0.00275. The van der Waals surface area contributed by atoms with Gasteiger partial charge in [0.2, 0.25) is 0 Å². The number of hydrogen-bond acceptors (Lipinski definition) is 3. The van der Waals surface area contributed by atoms with Crippen LogP contribution in [0.3, 0.4) is 0 Å². The molecule has 2 rings (SSSR count). The van der Waals surface area contributed by atoms with Crippen LogP contribution in [0.1, 0.15) is 31.7 Å². The largest absolute Gasteiger partial charge is 0.382 e. The van der Waals surface area contributed by atoms with Crippen molar-refractivity contribution in [1.29, 1.82) is 0 Å². The van der Waals surface area contributed by atoms with Gasteiger partial charge in [-0.25, -0.2) is 0 Å². The molecule has 1 aromatic rings. The van der Waals surface area contributed by atoms with Crippen molar-refractivity contribution < 1.29 is 5.11 Å². The van der Waals surface area contributed by atoms with Gasteiger partial charge in [0.25, 0.3) is 0 Å². The minimum atomic E-state index is -0.918. The number of nitrogens with zero attached hydrogens (tertiary/aromatic N) is 1. The molecule has 1 aliphatic rings. The van der Waals surface area contributed by atoms with Gasteiger partial charge in [-0.15, -0.1) is 0 Å². The maximum Gasteiger partial charge on any atom is 0.114 e. The lowest BCUT2D eigenvalue weighted by Crippen LogP contribution is -2.47. The standard InChI is InChI=1S/C15H24N2O/c1-2-14-9-6-10-17(14)12-15(18,11-16)13-7-4-3-5-8-13/h3-5,7-8,14,18H,2,6,9-12,16H2,1H3. The molecule has 0 aromatic heterocycles. The van der Waals surface area contributed by atoms with E-state index < -0.39 is 5.60 Å². The highest BCUT2D eigenvalue weighted by atomic mass is 16.3. The van der Waals surface area contributed by atoms with Crippen LogP contribution in [0.5, 0.6) is 0 Å². The smallest absolute Gasteiger partial charge is 0.114 e. The minimum Gasteiger partial charge on any atom is -0.382 e. The molecule has 1 aromatic carbocycles. The third-order valence-corrected chi connectivity index (χ3v) is 4.08. The second-order valence-electron chi connectivity index (χ2n) is 5.28. The number of β-amino-alcohol motifs (C(OH)–C–C–N with tert-alkyl or cyclic N) is 1. The fourth-order valence-corrected chi connectivity index (χ4v) is 2.92. The third kappa shape index (κ3) is 2.74. The average Bonchev–Trinajstić information content (AvgIpc) is 2.86. The van der Waals surface area contributed by atoms with Gasteiger partial charge in [0, 0.05) is 19.1 Å².